The van der Waals surface area contributed by atoms with Crippen LogP contribution in [0.15, 0.2) is 36.4 Å². The Balaban J connectivity index is 1.79. The van der Waals surface area contributed by atoms with Crippen LogP contribution in [-0.2, 0) is 11.2 Å². The fourth-order valence-corrected chi connectivity index (χ4v) is 3.05. The van der Waals surface area contributed by atoms with Crippen LogP contribution >= 0.6 is 0 Å². The summed E-state index contributed by atoms with van der Waals surface area (Å²) >= 11 is 0. The van der Waals surface area contributed by atoms with Crippen LogP contribution in [0.1, 0.15) is 12.0 Å². The smallest absolute Gasteiger partial charge is 0.295 e. The predicted octanol–water partition coefficient (Wildman–Crippen LogP) is 3.13. The number of halogens is 1. The van der Waals surface area contributed by atoms with Crippen LogP contribution in [0.5, 0.6) is 5.75 Å². The first-order chi connectivity index (χ1) is 12.5. The van der Waals surface area contributed by atoms with Crippen molar-refractivity contribution in [2.24, 2.45) is 0 Å². The Kier molecular flexibility index (Phi) is 5.01. The van der Waals surface area contributed by atoms with E-state index in [9.17, 15) is 19.3 Å². The molecule has 0 radical (unpaired) electrons. The van der Waals surface area contributed by atoms with Crippen LogP contribution in [0.4, 0.5) is 21.5 Å². The minimum atomic E-state index is -0.832. The molecule has 1 N–H and O–H groups in total. The van der Waals surface area contributed by atoms with Crippen molar-refractivity contribution < 1.29 is 18.8 Å². The van der Waals surface area contributed by atoms with Gasteiger partial charge in [0.15, 0.2) is 11.6 Å². The summed E-state index contributed by atoms with van der Waals surface area (Å²) < 4.78 is 18.6. The van der Waals surface area contributed by atoms with Gasteiger partial charge in [0.2, 0.25) is 5.91 Å². The fraction of sp³-hybridized carbons (Fsp3) is 0.278. The molecule has 2 aromatic carbocycles. The van der Waals surface area contributed by atoms with Crippen molar-refractivity contribution in [2.75, 3.05) is 30.4 Å². The molecule has 1 aliphatic rings. The van der Waals surface area contributed by atoms with Gasteiger partial charge in [-0.3, -0.25) is 14.9 Å². The second kappa shape index (κ2) is 7.38. The SMILES string of the molecule is COc1cc(NCC(=O)N2CCCc3ccccc32)c([N+](=O)[O-])cc1F. The van der Waals surface area contributed by atoms with Gasteiger partial charge in [0, 0.05) is 18.3 Å². The monoisotopic (exact) mass is 359 g/mol. The zero-order valence-corrected chi connectivity index (χ0v) is 14.2. The highest BCUT2D eigenvalue weighted by atomic mass is 19.1. The number of amides is 1. The number of ether oxygens (including phenoxy) is 1. The number of carbonyl (C=O) groups excluding carboxylic acids is 1. The molecular formula is C18H18FN3O4. The van der Waals surface area contributed by atoms with Gasteiger partial charge in [-0.2, -0.15) is 0 Å². The van der Waals surface area contributed by atoms with E-state index in [4.69, 9.17) is 4.74 Å². The number of anilines is 2. The zero-order valence-electron chi connectivity index (χ0n) is 14.2. The quantitative estimate of drug-likeness (QED) is 0.655. The van der Waals surface area contributed by atoms with Crippen molar-refractivity contribution in [2.45, 2.75) is 12.8 Å². The number of benzene rings is 2. The molecule has 2 aromatic rings. The molecule has 0 aromatic heterocycles. The van der Waals surface area contributed by atoms with Crippen molar-refractivity contribution in [3.8, 4) is 5.75 Å². The van der Waals surface area contributed by atoms with Gasteiger partial charge in [-0.1, -0.05) is 18.2 Å². The maximum atomic E-state index is 13.7. The first kappa shape index (κ1) is 17.7. The largest absolute Gasteiger partial charge is 0.494 e. The minimum absolute atomic E-state index is 0.0342. The highest BCUT2D eigenvalue weighted by Gasteiger charge is 2.24. The molecule has 0 unspecified atom stereocenters. The lowest BCUT2D eigenvalue weighted by atomic mass is 10.0. The molecule has 7 nitrogen and oxygen atoms in total. The van der Waals surface area contributed by atoms with Gasteiger partial charge in [-0.15, -0.1) is 0 Å². The Hall–Kier alpha value is -3.16. The van der Waals surface area contributed by atoms with Crippen LogP contribution in [0.2, 0.25) is 0 Å². The Labute approximate surface area is 149 Å². The summed E-state index contributed by atoms with van der Waals surface area (Å²) in [7, 11) is 1.27. The Morgan fingerprint density at radius 1 is 1.38 bits per heavy atom. The fourth-order valence-electron chi connectivity index (χ4n) is 3.05. The number of hydrogen-bond acceptors (Lipinski definition) is 5. The lowest BCUT2D eigenvalue weighted by Gasteiger charge is -2.29. The second-order valence-corrected chi connectivity index (χ2v) is 5.89. The van der Waals surface area contributed by atoms with E-state index < -0.39 is 16.4 Å². The van der Waals surface area contributed by atoms with Crippen LogP contribution in [0, 0.1) is 15.9 Å². The third kappa shape index (κ3) is 3.44. The number of nitro benzene ring substituents is 1. The average Bonchev–Trinajstić information content (AvgIpc) is 2.65. The molecule has 1 amide bonds. The van der Waals surface area contributed by atoms with Crippen molar-refractivity contribution in [3.05, 3.63) is 57.9 Å². The van der Waals surface area contributed by atoms with E-state index in [0.29, 0.717) is 6.54 Å². The lowest BCUT2D eigenvalue weighted by molar-refractivity contribution is -0.384. The van der Waals surface area contributed by atoms with Crippen molar-refractivity contribution in [3.63, 3.8) is 0 Å². The molecule has 0 saturated carbocycles. The molecule has 0 bridgehead atoms. The van der Waals surface area contributed by atoms with Crippen molar-refractivity contribution in [1.29, 1.82) is 0 Å². The minimum Gasteiger partial charge on any atom is -0.494 e. The third-order valence-corrected chi connectivity index (χ3v) is 4.31. The maximum absolute atomic E-state index is 13.7. The standard InChI is InChI=1S/C18H18FN3O4/c1-26-17-10-14(16(22(24)25)9-13(17)19)20-11-18(23)21-8-4-6-12-5-2-3-7-15(12)21/h2-3,5,7,9-10,20H,4,6,8,11H2,1H3. The number of nitro groups is 1. The highest BCUT2D eigenvalue weighted by molar-refractivity contribution is 5.97. The molecule has 136 valence electrons. The van der Waals surface area contributed by atoms with Crippen LogP contribution in [-0.4, -0.2) is 31.0 Å². The molecule has 0 saturated heterocycles. The Morgan fingerprint density at radius 3 is 2.88 bits per heavy atom. The zero-order chi connectivity index (χ0) is 18.7. The third-order valence-electron chi connectivity index (χ3n) is 4.31. The molecule has 0 atom stereocenters. The Morgan fingerprint density at radius 2 is 2.15 bits per heavy atom. The second-order valence-electron chi connectivity index (χ2n) is 5.89. The van der Waals surface area contributed by atoms with Gasteiger partial charge < -0.3 is 15.0 Å². The molecule has 8 heteroatoms. The average molecular weight is 359 g/mol. The van der Waals surface area contributed by atoms with Gasteiger partial charge in [-0.25, -0.2) is 4.39 Å². The molecule has 0 aliphatic carbocycles. The van der Waals surface area contributed by atoms with Gasteiger partial charge >= 0.3 is 0 Å². The summed E-state index contributed by atoms with van der Waals surface area (Å²) in [5, 5.41) is 13.9. The van der Waals surface area contributed by atoms with E-state index >= 15 is 0 Å². The van der Waals surface area contributed by atoms with E-state index in [0.717, 1.165) is 30.2 Å². The summed E-state index contributed by atoms with van der Waals surface area (Å²) in [5.41, 5.74) is 1.54. The highest BCUT2D eigenvalue weighted by Crippen LogP contribution is 2.32. The van der Waals surface area contributed by atoms with E-state index in [-0.39, 0.29) is 23.9 Å². The molecular weight excluding hydrogens is 341 g/mol. The van der Waals surface area contributed by atoms with E-state index in [2.05, 4.69) is 5.32 Å². The number of carbonyl (C=O) groups is 1. The van der Waals surface area contributed by atoms with Crippen molar-refractivity contribution >= 4 is 23.0 Å². The summed E-state index contributed by atoms with van der Waals surface area (Å²) in [5.74, 6) is -1.18. The lowest BCUT2D eigenvalue weighted by Crippen LogP contribution is -2.39. The summed E-state index contributed by atoms with van der Waals surface area (Å²) in [6.45, 7) is 0.441. The van der Waals surface area contributed by atoms with E-state index in [1.165, 1.54) is 13.2 Å². The number of aryl methyl sites for hydroxylation is 1. The normalized spacial score (nSPS) is 13.1. The number of fused-ring (bicyclic) bond motifs is 1. The Bertz CT molecular complexity index is 856. The molecule has 0 spiro atoms. The van der Waals surface area contributed by atoms with Crippen LogP contribution < -0.4 is 15.0 Å². The van der Waals surface area contributed by atoms with Gasteiger partial charge in [0.05, 0.1) is 24.6 Å². The molecule has 26 heavy (non-hydrogen) atoms. The van der Waals surface area contributed by atoms with Gasteiger partial charge in [0.25, 0.3) is 5.69 Å². The number of hydrogen-bond donors (Lipinski definition) is 1. The number of para-hydroxylation sites is 1. The summed E-state index contributed by atoms with van der Waals surface area (Å²) in [4.78, 5) is 24.7. The number of rotatable bonds is 5. The topological polar surface area (TPSA) is 84.7 Å². The van der Waals surface area contributed by atoms with Gasteiger partial charge in [0.1, 0.15) is 5.69 Å². The molecule has 1 aliphatic heterocycles. The van der Waals surface area contributed by atoms with Crippen molar-refractivity contribution in [1.82, 2.24) is 0 Å². The van der Waals surface area contributed by atoms with E-state index in [1.54, 1.807) is 4.90 Å². The maximum Gasteiger partial charge on any atom is 0.295 e. The van der Waals surface area contributed by atoms with E-state index in [1.807, 2.05) is 24.3 Å². The number of nitrogens with zero attached hydrogens (tertiary/aromatic N) is 2. The number of methoxy groups -OCH3 is 1. The van der Waals surface area contributed by atoms with Crippen LogP contribution in [0.3, 0.4) is 0 Å². The molecule has 0 fully saturated rings. The van der Waals surface area contributed by atoms with Crippen LogP contribution in [0.25, 0.3) is 0 Å². The molecule has 3 rings (SSSR count). The summed E-state index contributed by atoms with van der Waals surface area (Å²) in [6, 6.07) is 9.63. The predicted molar refractivity (Wildman–Crippen MR) is 95.2 cm³/mol. The first-order valence-electron chi connectivity index (χ1n) is 8.15. The molecule has 1 heterocycles. The summed E-state index contributed by atoms with van der Waals surface area (Å²) in [6.07, 6.45) is 1.77. The number of nitrogens with one attached hydrogen (secondary N) is 1. The first-order valence-corrected chi connectivity index (χ1v) is 8.15. The van der Waals surface area contributed by atoms with Gasteiger partial charge in [-0.05, 0) is 24.5 Å².